The predicted octanol–water partition coefficient (Wildman–Crippen LogP) is 2.44. The summed E-state index contributed by atoms with van der Waals surface area (Å²) in [6.45, 7) is 4.76. The van der Waals surface area contributed by atoms with Crippen LogP contribution in [0.2, 0.25) is 0 Å². The number of aromatic nitrogens is 1. The number of hydrogen-bond donors (Lipinski definition) is 1. The molecule has 0 unspecified atom stereocenters. The van der Waals surface area contributed by atoms with E-state index in [-0.39, 0.29) is 5.78 Å². The molecule has 2 rings (SSSR count). The maximum Gasteiger partial charge on any atom is 0.164 e. The third kappa shape index (κ3) is 4.31. The molecule has 0 bridgehead atoms. The molecule has 0 amide bonds. The van der Waals surface area contributed by atoms with Crippen LogP contribution in [-0.4, -0.2) is 30.5 Å². The molecule has 1 aromatic rings. The number of pyridine rings is 1. The van der Waals surface area contributed by atoms with Crippen LogP contribution < -0.4 is 10.1 Å². The Labute approximate surface area is 114 Å². The van der Waals surface area contributed by atoms with Crippen LogP contribution in [0.15, 0.2) is 18.5 Å². The van der Waals surface area contributed by atoms with Crippen LogP contribution in [0.3, 0.4) is 0 Å². The molecular formula is C15H22N2O2. The van der Waals surface area contributed by atoms with E-state index in [1.165, 1.54) is 0 Å². The minimum Gasteiger partial charge on any atom is -0.492 e. The van der Waals surface area contributed by atoms with Gasteiger partial charge >= 0.3 is 0 Å². The Morgan fingerprint density at radius 2 is 2.21 bits per heavy atom. The highest BCUT2D eigenvalue weighted by atomic mass is 16.5. The van der Waals surface area contributed by atoms with E-state index in [1.807, 2.05) is 6.07 Å². The van der Waals surface area contributed by atoms with Crippen molar-refractivity contribution in [1.82, 2.24) is 10.3 Å². The van der Waals surface area contributed by atoms with Crippen molar-refractivity contribution in [2.24, 2.45) is 5.92 Å². The van der Waals surface area contributed by atoms with Gasteiger partial charge in [0.05, 0.1) is 12.8 Å². The van der Waals surface area contributed by atoms with E-state index in [0.29, 0.717) is 30.3 Å². The second-order valence-electron chi connectivity index (χ2n) is 5.08. The van der Waals surface area contributed by atoms with Gasteiger partial charge in [-0.3, -0.25) is 9.78 Å². The predicted molar refractivity (Wildman–Crippen MR) is 74.6 cm³/mol. The Morgan fingerprint density at radius 3 is 2.95 bits per heavy atom. The maximum absolute atomic E-state index is 12.2. The molecule has 1 N–H and O–H groups in total. The van der Waals surface area contributed by atoms with Gasteiger partial charge in [-0.25, -0.2) is 0 Å². The number of rotatable bonds is 6. The molecule has 0 spiro atoms. The van der Waals surface area contributed by atoms with E-state index in [0.717, 1.165) is 32.4 Å². The van der Waals surface area contributed by atoms with Crippen molar-refractivity contribution < 1.29 is 9.53 Å². The Balaban J connectivity index is 1.93. The first-order chi connectivity index (χ1) is 9.29. The molecule has 4 heteroatoms. The lowest BCUT2D eigenvalue weighted by Crippen LogP contribution is -2.28. The minimum absolute atomic E-state index is 0.182. The topological polar surface area (TPSA) is 51.2 Å². The Bertz CT molecular complexity index is 414. The second kappa shape index (κ2) is 7.24. The number of Topliss-reactive ketones (excluding diaryl/α,β-unsaturated/α-hetero) is 1. The van der Waals surface area contributed by atoms with Crippen LogP contribution in [0.5, 0.6) is 5.75 Å². The van der Waals surface area contributed by atoms with Crippen molar-refractivity contribution >= 4 is 5.78 Å². The quantitative estimate of drug-likeness (QED) is 0.800. The van der Waals surface area contributed by atoms with Crippen LogP contribution >= 0.6 is 0 Å². The molecule has 0 saturated carbocycles. The smallest absolute Gasteiger partial charge is 0.164 e. The number of carbonyl (C=O) groups excluding carboxylic acids is 1. The number of carbonyl (C=O) groups is 1. The van der Waals surface area contributed by atoms with Crippen molar-refractivity contribution in [3.63, 3.8) is 0 Å². The van der Waals surface area contributed by atoms with Crippen molar-refractivity contribution in [2.45, 2.75) is 32.6 Å². The summed E-state index contributed by atoms with van der Waals surface area (Å²) < 4.78 is 5.51. The highest BCUT2D eigenvalue weighted by molar-refractivity contribution is 5.96. The average Bonchev–Trinajstić information content (AvgIpc) is 2.46. The molecule has 0 aliphatic carbocycles. The third-order valence-electron chi connectivity index (χ3n) is 3.44. The van der Waals surface area contributed by atoms with Crippen LogP contribution in [0.4, 0.5) is 0 Å². The first-order valence-electron chi connectivity index (χ1n) is 7.11. The van der Waals surface area contributed by atoms with E-state index in [1.54, 1.807) is 12.4 Å². The zero-order valence-corrected chi connectivity index (χ0v) is 11.5. The van der Waals surface area contributed by atoms with Gasteiger partial charge in [0.25, 0.3) is 0 Å². The Hall–Kier alpha value is -1.42. The summed E-state index contributed by atoms with van der Waals surface area (Å²) in [7, 11) is 0. The van der Waals surface area contributed by atoms with Crippen molar-refractivity contribution in [2.75, 3.05) is 19.7 Å². The van der Waals surface area contributed by atoms with Gasteiger partial charge in [-0.15, -0.1) is 0 Å². The number of ether oxygens (including phenoxy) is 1. The lowest BCUT2D eigenvalue weighted by molar-refractivity contribution is 0.0951. The molecule has 1 saturated heterocycles. The van der Waals surface area contributed by atoms with Crippen LogP contribution in [0.1, 0.15) is 43.0 Å². The summed E-state index contributed by atoms with van der Waals surface area (Å²) >= 11 is 0. The van der Waals surface area contributed by atoms with Gasteiger partial charge in [0.1, 0.15) is 5.75 Å². The number of ketones is 1. The van der Waals surface area contributed by atoms with Crippen molar-refractivity contribution in [3.05, 3.63) is 24.0 Å². The standard InChI is InChI=1S/C15H22N2O2/c1-2-7-19-14-9-13(10-17-11-14)15(18)8-12-3-5-16-6-4-12/h9-12,16H,2-8H2,1H3. The Kier molecular flexibility index (Phi) is 5.33. The normalized spacial score (nSPS) is 16.3. The molecule has 2 heterocycles. The average molecular weight is 262 g/mol. The van der Waals surface area contributed by atoms with Gasteiger partial charge in [0.15, 0.2) is 5.78 Å². The lowest BCUT2D eigenvalue weighted by atomic mass is 9.91. The first kappa shape index (κ1) is 14.0. The molecule has 1 aliphatic rings. The van der Waals surface area contributed by atoms with Crippen molar-refractivity contribution in [3.8, 4) is 5.75 Å². The van der Waals surface area contributed by atoms with Gasteiger partial charge in [-0.2, -0.15) is 0 Å². The molecule has 0 aromatic carbocycles. The summed E-state index contributed by atoms with van der Waals surface area (Å²) in [4.78, 5) is 16.3. The van der Waals surface area contributed by atoms with Crippen LogP contribution in [-0.2, 0) is 0 Å². The zero-order chi connectivity index (χ0) is 13.5. The van der Waals surface area contributed by atoms with E-state index in [4.69, 9.17) is 4.74 Å². The fraction of sp³-hybridized carbons (Fsp3) is 0.600. The zero-order valence-electron chi connectivity index (χ0n) is 11.5. The van der Waals surface area contributed by atoms with E-state index in [9.17, 15) is 4.79 Å². The number of piperidine rings is 1. The summed E-state index contributed by atoms with van der Waals surface area (Å²) in [6.07, 6.45) is 7.06. The fourth-order valence-electron chi connectivity index (χ4n) is 2.34. The van der Waals surface area contributed by atoms with Gasteiger partial charge in [-0.05, 0) is 44.3 Å². The summed E-state index contributed by atoms with van der Waals surface area (Å²) in [5.41, 5.74) is 0.673. The molecular weight excluding hydrogens is 240 g/mol. The SMILES string of the molecule is CCCOc1cncc(C(=O)CC2CCNCC2)c1. The van der Waals surface area contributed by atoms with Gasteiger partial charge in [0.2, 0.25) is 0 Å². The van der Waals surface area contributed by atoms with Crippen molar-refractivity contribution in [1.29, 1.82) is 0 Å². The highest BCUT2D eigenvalue weighted by Gasteiger charge is 2.18. The van der Waals surface area contributed by atoms with Gasteiger partial charge in [0, 0.05) is 18.2 Å². The summed E-state index contributed by atoms with van der Waals surface area (Å²) in [6, 6.07) is 1.81. The van der Waals surface area contributed by atoms with Gasteiger partial charge < -0.3 is 10.1 Å². The van der Waals surface area contributed by atoms with Crippen LogP contribution in [0, 0.1) is 5.92 Å². The van der Waals surface area contributed by atoms with E-state index >= 15 is 0 Å². The number of hydrogen-bond acceptors (Lipinski definition) is 4. The molecule has 4 nitrogen and oxygen atoms in total. The van der Waals surface area contributed by atoms with E-state index < -0.39 is 0 Å². The molecule has 1 aliphatic heterocycles. The maximum atomic E-state index is 12.2. The third-order valence-corrected chi connectivity index (χ3v) is 3.44. The fourth-order valence-corrected chi connectivity index (χ4v) is 2.34. The summed E-state index contributed by atoms with van der Waals surface area (Å²) in [5.74, 6) is 1.38. The summed E-state index contributed by atoms with van der Waals surface area (Å²) in [5, 5.41) is 3.32. The number of nitrogens with one attached hydrogen (secondary N) is 1. The number of nitrogens with zero attached hydrogens (tertiary/aromatic N) is 1. The molecule has 0 radical (unpaired) electrons. The first-order valence-corrected chi connectivity index (χ1v) is 7.11. The van der Waals surface area contributed by atoms with Gasteiger partial charge in [-0.1, -0.05) is 6.92 Å². The highest BCUT2D eigenvalue weighted by Crippen LogP contribution is 2.20. The molecule has 1 aromatic heterocycles. The second-order valence-corrected chi connectivity index (χ2v) is 5.08. The minimum atomic E-state index is 0.182. The monoisotopic (exact) mass is 262 g/mol. The lowest BCUT2D eigenvalue weighted by Gasteiger charge is -2.21. The molecule has 0 atom stereocenters. The Morgan fingerprint density at radius 1 is 1.42 bits per heavy atom. The largest absolute Gasteiger partial charge is 0.492 e. The van der Waals surface area contributed by atoms with E-state index in [2.05, 4.69) is 17.2 Å². The molecule has 104 valence electrons. The molecule has 1 fully saturated rings. The molecule has 19 heavy (non-hydrogen) atoms. The van der Waals surface area contributed by atoms with Crippen LogP contribution in [0.25, 0.3) is 0 Å².